The molecule has 0 N–H and O–H groups in total. The van der Waals surface area contributed by atoms with Gasteiger partial charge in [-0.1, -0.05) is 46.3 Å². The molecular weight excluding hydrogens is 492 g/mol. The topological polar surface area (TPSA) is 99.0 Å². The Morgan fingerprint density at radius 1 is 1.06 bits per heavy atom. The van der Waals surface area contributed by atoms with Crippen LogP contribution >= 0.6 is 15.9 Å². The van der Waals surface area contributed by atoms with Crippen LogP contribution in [0, 0.1) is 10.1 Å². The Balaban J connectivity index is 1.68. The van der Waals surface area contributed by atoms with Crippen molar-refractivity contribution in [3.05, 3.63) is 105 Å². The van der Waals surface area contributed by atoms with Crippen molar-refractivity contribution in [2.24, 2.45) is 0 Å². The summed E-state index contributed by atoms with van der Waals surface area (Å²) in [5, 5.41) is 12.5. The molecule has 0 aliphatic carbocycles. The Morgan fingerprint density at radius 2 is 1.70 bits per heavy atom. The number of anilines is 1. The van der Waals surface area contributed by atoms with Gasteiger partial charge in [-0.25, -0.2) is 14.7 Å². The number of ketones is 1. The number of Topliss-reactive ketones (excluding diaryl/α,β-unsaturated/α-hetero) is 1. The third kappa shape index (κ3) is 4.64. The van der Waals surface area contributed by atoms with Gasteiger partial charge in [-0.05, 0) is 42.0 Å². The minimum atomic E-state index is -1.85. The Kier molecular flexibility index (Phi) is 6.26. The third-order valence-corrected chi connectivity index (χ3v) is 5.89. The Bertz CT molecular complexity index is 1180. The van der Waals surface area contributed by atoms with E-state index in [1.54, 1.807) is 5.06 Å². The molecule has 0 bridgehead atoms. The summed E-state index contributed by atoms with van der Waals surface area (Å²) in [6, 6.07) is 21.4. The summed E-state index contributed by atoms with van der Waals surface area (Å²) in [5.41, 5.74) is 1.48. The van der Waals surface area contributed by atoms with E-state index in [9.17, 15) is 19.7 Å². The number of hydrogen-bond acceptors (Lipinski definition) is 7. The van der Waals surface area contributed by atoms with E-state index in [4.69, 9.17) is 9.57 Å². The van der Waals surface area contributed by atoms with Crippen LogP contribution in [0.5, 0.6) is 0 Å². The van der Waals surface area contributed by atoms with Gasteiger partial charge >= 0.3 is 5.97 Å². The largest absolute Gasteiger partial charge is 0.419 e. The van der Waals surface area contributed by atoms with Gasteiger partial charge in [0.05, 0.1) is 28.6 Å². The number of hydrogen-bond donors (Lipinski definition) is 0. The highest BCUT2D eigenvalue weighted by atomic mass is 79.9. The second kappa shape index (κ2) is 9.13. The maximum absolute atomic E-state index is 12.9. The van der Waals surface area contributed by atoms with Gasteiger partial charge in [0.25, 0.3) is 11.5 Å². The number of para-hydroxylation sites is 1. The molecule has 0 amide bonds. The first-order chi connectivity index (χ1) is 15.8. The van der Waals surface area contributed by atoms with Crippen molar-refractivity contribution in [1.29, 1.82) is 0 Å². The van der Waals surface area contributed by atoms with Crippen molar-refractivity contribution in [2.75, 3.05) is 5.06 Å². The summed E-state index contributed by atoms with van der Waals surface area (Å²) < 4.78 is 6.54. The number of benzene rings is 3. The number of ether oxygens (including phenoxy) is 1. The molecule has 0 radical (unpaired) electrons. The average Bonchev–Trinajstić information content (AvgIpc) is 3.21. The van der Waals surface area contributed by atoms with Gasteiger partial charge in [0, 0.05) is 23.5 Å². The minimum Gasteiger partial charge on any atom is -0.419 e. The number of esters is 1. The maximum Gasteiger partial charge on any atom is 0.341 e. The first-order valence-corrected chi connectivity index (χ1v) is 10.9. The van der Waals surface area contributed by atoms with Crippen molar-refractivity contribution < 1.29 is 24.1 Å². The molecule has 3 aromatic rings. The van der Waals surface area contributed by atoms with Crippen LogP contribution in [-0.2, 0) is 14.4 Å². The number of non-ortho nitro benzene ring substituents is 1. The van der Waals surface area contributed by atoms with E-state index in [0.29, 0.717) is 5.69 Å². The van der Waals surface area contributed by atoms with E-state index >= 15 is 0 Å². The van der Waals surface area contributed by atoms with E-state index < -0.39 is 28.5 Å². The fourth-order valence-electron chi connectivity index (χ4n) is 3.61. The molecule has 33 heavy (non-hydrogen) atoms. The lowest BCUT2D eigenvalue weighted by atomic mass is 9.97. The lowest BCUT2D eigenvalue weighted by Crippen LogP contribution is -2.43. The van der Waals surface area contributed by atoms with Gasteiger partial charge in [-0.15, -0.1) is 0 Å². The number of nitro groups is 1. The molecule has 9 heteroatoms. The zero-order valence-corrected chi connectivity index (χ0v) is 19.1. The number of hydroxylamine groups is 1. The first-order valence-electron chi connectivity index (χ1n) is 10.1. The van der Waals surface area contributed by atoms with E-state index in [0.717, 1.165) is 10.0 Å². The summed E-state index contributed by atoms with van der Waals surface area (Å²) in [5.74, 6) is -3.14. The normalized spacial score (nSPS) is 19.8. The monoisotopic (exact) mass is 510 g/mol. The molecule has 1 aliphatic rings. The van der Waals surface area contributed by atoms with Crippen LogP contribution in [0.25, 0.3) is 0 Å². The van der Waals surface area contributed by atoms with Crippen LogP contribution < -0.4 is 5.06 Å². The van der Waals surface area contributed by atoms with E-state index in [1.807, 2.05) is 54.6 Å². The van der Waals surface area contributed by atoms with Crippen LogP contribution in [0.15, 0.2) is 83.3 Å². The highest BCUT2D eigenvalue weighted by Gasteiger charge is 2.53. The molecular formula is C24H19BrN2O6. The van der Waals surface area contributed by atoms with Crippen LogP contribution in [0.2, 0.25) is 0 Å². The smallest absolute Gasteiger partial charge is 0.341 e. The predicted octanol–water partition coefficient (Wildman–Crippen LogP) is 5.38. The third-order valence-electron chi connectivity index (χ3n) is 5.36. The van der Waals surface area contributed by atoms with Crippen molar-refractivity contribution in [3.63, 3.8) is 0 Å². The fraction of sp³-hybridized carbons (Fsp3) is 0.167. The van der Waals surface area contributed by atoms with Crippen LogP contribution in [0.3, 0.4) is 0 Å². The molecule has 0 saturated carbocycles. The van der Waals surface area contributed by atoms with Gasteiger partial charge in [0.1, 0.15) is 0 Å². The molecule has 8 nitrogen and oxygen atoms in total. The van der Waals surface area contributed by atoms with Crippen LogP contribution in [0.4, 0.5) is 11.4 Å². The highest BCUT2D eigenvalue weighted by Crippen LogP contribution is 2.45. The summed E-state index contributed by atoms with van der Waals surface area (Å²) >= 11 is 3.42. The molecule has 4 rings (SSSR count). The van der Waals surface area contributed by atoms with E-state index in [1.165, 1.54) is 31.2 Å². The average molecular weight is 511 g/mol. The second-order valence-electron chi connectivity index (χ2n) is 7.53. The zero-order valence-electron chi connectivity index (χ0n) is 17.5. The van der Waals surface area contributed by atoms with Gasteiger partial charge in [0.15, 0.2) is 0 Å². The number of halogens is 1. The van der Waals surface area contributed by atoms with Crippen molar-refractivity contribution >= 4 is 39.1 Å². The zero-order chi connectivity index (χ0) is 23.6. The Hall–Kier alpha value is -3.56. The van der Waals surface area contributed by atoms with Gasteiger partial charge < -0.3 is 4.74 Å². The van der Waals surface area contributed by atoms with Gasteiger partial charge in [-0.3, -0.25) is 14.9 Å². The van der Waals surface area contributed by atoms with Gasteiger partial charge in [0.2, 0.25) is 5.78 Å². The standard InChI is InChI=1S/C24H19BrN2O6/c1-16(28)24(32-23(29)18-9-13-21(14-10-18)27(30)31)15-22(17-7-11-19(25)12-8-17)26(33-24)20-5-3-2-4-6-20/h2-14,22H,15H2,1H3/t22-,24-/m1/s1. The number of nitrogens with zero attached hydrogens (tertiary/aromatic N) is 2. The number of carbonyl (C=O) groups is 2. The van der Waals surface area contributed by atoms with E-state index in [-0.39, 0.29) is 17.7 Å². The summed E-state index contributed by atoms with van der Waals surface area (Å²) in [6.07, 6.45) is 0.0670. The molecule has 2 atom stereocenters. The molecule has 0 aromatic heterocycles. The summed E-state index contributed by atoms with van der Waals surface area (Å²) in [4.78, 5) is 42.0. The molecule has 3 aromatic carbocycles. The summed E-state index contributed by atoms with van der Waals surface area (Å²) in [6.45, 7) is 1.30. The van der Waals surface area contributed by atoms with Crippen molar-refractivity contribution in [3.8, 4) is 0 Å². The van der Waals surface area contributed by atoms with Crippen molar-refractivity contribution in [1.82, 2.24) is 0 Å². The van der Waals surface area contributed by atoms with Crippen LogP contribution in [0.1, 0.15) is 35.3 Å². The lowest BCUT2D eigenvalue weighted by Gasteiger charge is -2.27. The Labute approximate surface area is 198 Å². The van der Waals surface area contributed by atoms with E-state index in [2.05, 4.69) is 15.9 Å². The molecule has 0 unspecified atom stereocenters. The molecule has 168 valence electrons. The molecule has 1 fully saturated rings. The fourth-order valence-corrected chi connectivity index (χ4v) is 3.88. The molecule has 0 spiro atoms. The lowest BCUT2D eigenvalue weighted by molar-refractivity contribution is -0.384. The Morgan fingerprint density at radius 3 is 2.27 bits per heavy atom. The molecule has 1 aliphatic heterocycles. The first kappa shape index (κ1) is 22.6. The SMILES string of the molecule is CC(=O)[C@@]1(OC(=O)c2ccc([N+](=O)[O-])cc2)C[C@H](c2ccc(Br)cc2)N(c2ccccc2)O1. The maximum atomic E-state index is 12.9. The van der Waals surface area contributed by atoms with Crippen LogP contribution in [-0.4, -0.2) is 22.5 Å². The van der Waals surface area contributed by atoms with Crippen molar-refractivity contribution in [2.45, 2.75) is 25.2 Å². The number of nitro benzene ring substituents is 1. The number of carbonyl (C=O) groups excluding carboxylic acids is 2. The number of rotatable bonds is 6. The predicted molar refractivity (Wildman–Crippen MR) is 123 cm³/mol. The second-order valence-corrected chi connectivity index (χ2v) is 8.44. The quantitative estimate of drug-likeness (QED) is 0.249. The molecule has 1 saturated heterocycles. The summed E-state index contributed by atoms with van der Waals surface area (Å²) in [7, 11) is 0. The highest BCUT2D eigenvalue weighted by molar-refractivity contribution is 9.10. The minimum absolute atomic E-state index is 0.0670. The molecule has 1 heterocycles. The van der Waals surface area contributed by atoms with Gasteiger partial charge in [-0.2, -0.15) is 0 Å².